The number of rotatable bonds is 1. The first-order chi connectivity index (χ1) is 11.3. The molecule has 0 unspecified atom stereocenters. The molecule has 0 bridgehead atoms. The Labute approximate surface area is 131 Å². The minimum absolute atomic E-state index is 0.0483. The Bertz CT molecular complexity index is 940. The topological polar surface area (TPSA) is 57.9 Å². The van der Waals surface area contributed by atoms with Crippen molar-refractivity contribution in [3.63, 3.8) is 0 Å². The monoisotopic (exact) mass is 308 g/mol. The minimum atomic E-state index is -0.361. The summed E-state index contributed by atoms with van der Waals surface area (Å²) in [7, 11) is 0. The van der Waals surface area contributed by atoms with Crippen molar-refractivity contribution in [2.45, 2.75) is 12.5 Å². The Morgan fingerprint density at radius 1 is 1.00 bits per heavy atom. The lowest BCUT2D eigenvalue weighted by molar-refractivity contribution is 0.0850. The first-order valence-electron chi connectivity index (χ1n) is 7.39. The summed E-state index contributed by atoms with van der Waals surface area (Å²) in [6, 6.07) is 11.1. The lowest BCUT2D eigenvalue weighted by Gasteiger charge is -2.25. The number of fused-ring (bicyclic) bond motifs is 4. The molecule has 1 aromatic heterocycles. The Hall–Kier alpha value is -2.95. The average Bonchev–Trinajstić information content (AvgIpc) is 3.22. The van der Waals surface area contributed by atoms with Gasteiger partial charge in [-0.25, -0.2) is 0 Å². The molecule has 5 rings (SSSR count). The fourth-order valence-electron chi connectivity index (χ4n) is 3.10. The molecule has 3 aromatic rings. The molecular formula is C18H12O5. The molecule has 5 heteroatoms. The van der Waals surface area contributed by atoms with E-state index in [-0.39, 0.29) is 18.7 Å². The van der Waals surface area contributed by atoms with Crippen molar-refractivity contribution < 1.29 is 23.4 Å². The van der Waals surface area contributed by atoms with Crippen LogP contribution in [0.3, 0.4) is 0 Å². The van der Waals surface area contributed by atoms with Gasteiger partial charge in [0.2, 0.25) is 6.79 Å². The molecule has 0 fully saturated rings. The molecule has 2 aliphatic heterocycles. The molecule has 0 saturated carbocycles. The van der Waals surface area contributed by atoms with Gasteiger partial charge in [-0.1, -0.05) is 12.1 Å². The second kappa shape index (κ2) is 4.52. The molecule has 114 valence electrons. The first kappa shape index (κ1) is 12.6. The van der Waals surface area contributed by atoms with E-state index in [0.29, 0.717) is 34.8 Å². The van der Waals surface area contributed by atoms with Crippen molar-refractivity contribution in [1.29, 1.82) is 0 Å². The van der Waals surface area contributed by atoms with Gasteiger partial charge in [-0.05, 0) is 29.8 Å². The highest BCUT2D eigenvalue weighted by Crippen LogP contribution is 2.42. The summed E-state index contributed by atoms with van der Waals surface area (Å²) in [5, 5.41) is 0.919. The van der Waals surface area contributed by atoms with Crippen molar-refractivity contribution in [3.05, 3.63) is 53.8 Å². The van der Waals surface area contributed by atoms with Crippen LogP contribution in [0.15, 0.2) is 47.1 Å². The molecule has 0 amide bonds. The van der Waals surface area contributed by atoms with Gasteiger partial charge in [0.25, 0.3) is 0 Å². The van der Waals surface area contributed by atoms with Gasteiger partial charge in [-0.3, -0.25) is 4.79 Å². The number of carbonyl (C=O) groups is 1. The second-order valence-electron chi connectivity index (χ2n) is 5.63. The zero-order valence-electron chi connectivity index (χ0n) is 12.1. The van der Waals surface area contributed by atoms with E-state index in [0.717, 1.165) is 10.9 Å². The fourth-order valence-corrected chi connectivity index (χ4v) is 3.10. The zero-order chi connectivity index (χ0) is 15.4. The van der Waals surface area contributed by atoms with E-state index < -0.39 is 0 Å². The first-order valence-corrected chi connectivity index (χ1v) is 7.39. The van der Waals surface area contributed by atoms with E-state index in [1.165, 1.54) is 0 Å². The van der Waals surface area contributed by atoms with E-state index in [2.05, 4.69) is 0 Å². The zero-order valence-corrected chi connectivity index (χ0v) is 12.1. The van der Waals surface area contributed by atoms with Crippen molar-refractivity contribution >= 4 is 16.8 Å². The largest absolute Gasteiger partial charge is 0.481 e. The van der Waals surface area contributed by atoms with Crippen LogP contribution < -0.4 is 14.2 Å². The van der Waals surface area contributed by atoms with Gasteiger partial charge in [0.15, 0.2) is 28.6 Å². The molecule has 0 saturated heterocycles. The number of carbonyl (C=O) groups excluding carboxylic acids is 1. The number of Topliss-reactive ketones (excluding diaryl/α,β-unsaturated/α-hetero) is 1. The van der Waals surface area contributed by atoms with Crippen LogP contribution in [0.4, 0.5) is 0 Å². The predicted molar refractivity (Wildman–Crippen MR) is 81.1 cm³/mol. The number of ether oxygens (including phenoxy) is 3. The van der Waals surface area contributed by atoms with Crippen molar-refractivity contribution in [1.82, 2.24) is 0 Å². The molecule has 0 radical (unpaired) electrons. The molecule has 0 aliphatic carbocycles. The smallest absolute Gasteiger partial charge is 0.231 e. The second-order valence-corrected chi connectivity index (χ2v) is 5.63. The van der Waals surface area contributed by atoms with Crippen LogP contribution in [-0.4, -0.2) is 12.6 Å². The highest BCUT2D eigenvalue weighted by atomic mass is 16.7. The minimum Gasteiger partial charge on any atom is -0.481 e. The lowest BCUT2D eigenvalue weighted by atomic mass is 9.95. The fraction of sp³-hybridized carbons (Fsp3) is 0.167. The quantitative estimate of drug-likeness (QED) is 0.683. The van der Waals surface area contributed by atoms with Crippen LogP contribution in [0, 0.1) is 0 Å². The summed E-state index contributed by atoms with van der Waals surface area (Å²) < 4.78 is 22.3. The summed E-state index contributed by atoms with van der Waals surface area (Å²) in [6.07, 6.45) is 1.53. The van der Waals surface area contributed by atoms with Gasteiger partial charge in [0, 0.05) is 5.39 Å². The van der Waals surface area contributed by atoms with Gasteiger partial charge in [0.1, 0.15) is 6.10 Å². The van der Waals surface area contributed by atoms with Crippen LogP contribution in [0.5, 0.6) is 17.2 Å². The van der Waals surface area contributed by atoms with Gasteiger partial charge in [-0.15, -0.1) is 0 Å². The summed E-state index contributed by atoms with van der Waals surface area (Å²) in [5.74, 6) is 1.96. The molecule has 5 nitrogen and oxygen atoms in total. The predicted octanol–water partition coefficient (Wildman–Crippen LogP) is 3.87. The van der Waals surface area contributed by atoms with Crippen molar-refractivity contribution in [3.8, 4) is 17.2 Å². The lowest BCUT2D eigenvalue weighted by Crippen LogP contribution is -2.20. The standard InChI is InChI=1S/C18H12O5/c19-13-8-15(11-2-4-14-16(7-11)22-9-21-14)23-18-12(13)3-1-10-5-6-20-17(10)18/h1-7,15H,8-9H2/t15-/m1/s1. The van der Waals surface area contributed by atoms with Gasteiger partial charge in [-0.2, -0.15) is 0 Å². The number of ketones is 1. The van der Waals surface area contributed by atoms with E-state index in [4.69, 9.17) is 18.6 Å². The normalized spacial score (nSPS) is 18.8. The highest BCUT2D eigenvalue weighted by molar-refractivity contribution is 6.04. The molecular weight excluding hydrogens is 296 g/mol. The van der Waals surface area contributed by atoms with Crippen LogP contribution in [0.25, 0.3) is 11.0 Å². The SMILES string of the molecule is O=C1C[C@H](c2ccc3c(c2)OCO3)Oc2c1ccc1ccoc21. The summed E-state index contributed by atoms with van der Waals surface area (Å²) in [5.41, 5.74) is 2.07. The maximum Gasteiger partial charge on any atom is 0.231 e. The van der Waals surface area contributed by atoms with Gasteiger partial charge < -0.3 is 18.6 Å². The van der Waals surface area contributed by atoms with Gasteiger partial charge >= 0.3 is 0 Å². The Kier molecular flexibility index (Phi) is 2.47. The molecule has 23 heavy (non-hydrogen) atoms. The molecule has 0 N–H and O–H groups in total. The van der Waals surface area contributed by atoms with E-state index >= 15 is 0 Å². The number of hydrogen-bond acceptors (Lipinski definition) is 5. The van der Waals surface area contributed by atoms with E-state index in [1.807, 2.05) is 30.3 Å². The van der Waals surface area contributed by atoms with Crippen LogP contribution in [0.2, 0.25) is 0 Å². The van der Waals surface area contributed by atoms with E-state index in [9.17, 15) is 4.79 Å². The molecule has 2 aromatic carbocycles. The molecule has 2 aliphatic rings. The highest BCUT2D eigenvalue weighted by Gasteiger charge is 2.31. The molecule has 1 atom stereocenters. The van der Waals surface area contributed by atoms with Crippen LogP contribution in [-0.2, 0) is 0 Å². The average molecular weight is 308 g/mol. The van der Waals surface area contributed by atoms with Crippen molar-refractivity contribution in [2.75, 3.05) is 6.79 Å². The summed E-state index contributed by atoms with van der Waals surface area (Å²) >= 11 is 0. The maximum atomic E-state index is 12.5. The summed E-state index contributed by atoms with van der Waals surface area (Å²) in [4.78, 5) is 12.5. The third kappa shape index (κ3) is 1.83. The van der Waals surface area contributed by atoms with Gasteiger partial charge in [0.05, 0.1) is 18.2 Å². The van der Waals surface area contributed by atoms with Crippen LogP contribution in [0.1, 0.15) is 28.4 Å². The molecule has 3 heterocycles. The Morgan fingerprint density at radius 3 is 2.87 bits per heavy atom. The van der Waals surface area contributed by atoms with E-state index in [1.54, 1.807) is 12.3 Å². The third-order valence-electron chi connectivity index (χ3n) is 4.28. The number of hydrogen-bond donors (Lipinski definition) is 0. The van der Waals surface area contributed by atoms with Crippen molar-refractivity contribution in [2.24, 2.45) is 0 Å². The number of benzene rings is 2. The third-order valence-corrected chi connectivity index (χ3v) is 4.28. The molecule has 0 spiro atoms. The number of furan rings is 1. The van der Waals surface area contributed by atoms with Crippen LogP contribution >= 0.6 is 0 Å². The Morgan fingerprint density at radius 2 is 1.91 bits per heavy atom. The summed E-state index contributed by atoms with van der Waals surface area (Å²) in [6.45, 7) is 0.221. The Balaban J connectivity index is 1.59. The maximum absolute atomic E-state index is 12.5.